The molecule has 1 aromatic carbocycles. The number of rotatable bonds is 3. The Bertz CT molecular complexity index is 584. The van der Waals surface area contributed by atoms with Crippen molar-refractivity contribution in [3.8, 4) is 0 Å². The van der Waals surface area contributed by atoms with Crippen molar-refractivity contribution in [3.05, 3.63) is 54.6 Å². The number of halogens is 2. The number of thiophene rings is 1. The number of Topliss-reactive ketones (excluding diaryl/α,β-unsaturated/α-hetero) is 1. The minimum absolute atomic E-state index is 0.125. The standard InChI is InChI=1S/C14H12BrClOS/c1-8-5-14(18-9(8)2)13(17)6-10-3-4-11(15)7-12(10)16/h3-5,7H,6H2,1-2H3. The second kappa shape index (κ2) is 5.55. The minimum Gasteiger partial charge on any atom is -0.293 e. The van der Waals surface area contributed by atoms with E-state index in [1.165, 1.54) is 10.4 Å². The summed E-state index contributed by atoms with van der Waals surface area (Å²) in [4.78, 5) is 14.2. The van der Waals surface area contributed by atoms with E-state index in [1.54, 1.807) is 11.3 Å². The van der Waals surface area contributed by atoms with Crippen LogP contribution in [0.4, 0.5) is 0 Å². The van der Waals surface area contributed by atoms with Gasteiger partial charge in [-0.2, -0.15) is 0 Å². The van der Waals surface area contributed by atoms with Gasteiger partial charge in [0.25, 0.3) is 0 Å². The summed E-state index contributed by atoms with van der Waals surface area (Å²) in [7, 11) is 0. The van der Waals surface area contributed by atoms with Crippen LogP contribution in [0.25, 0.3) is 0 Å². The zero-order chi connectivity index (χ0) is 13.3. The molecule has 0 radical (unpaired) electrons. The molecule has 0 saturated heterocycles. The van der Waals surface area contributed by atoms with E-state index >= 15 is 0 Å². The zero-order valence-corrected chi connectivity index (χ0v) is 13.2. The lowest BCUT2D eigenvalue weighted by Gasteiger charge is -2.03. The van der Waals surface area contributed by atoms with Crippen molar-refractivity contribution < 1.29 is 4.79 Å². The molecule has 0 saturated carbocycles. The van der Waals surface area contributed by atoms with Gasteiger partial charge in [-0.1, -0.05) is 33.6 Å². The normalized spacial score (nSPS) is 10.7. The van der Waals surface area contributed by atoms with E-state index in [1.807, 2.05) is 38.1 Å². The second-order valence-corrected chi connectivity index (χ2v) is 6.76. The predicted molar refractivity (Wildman–Crippen MR) is 81.0 cm³/mol. The molecule has 94 valence electrons. The van der Waals surface area contributed by atoms with E-state index in [0.717, 1.165) is 14.9 Å². The number of carbonyl (C=O) groups excluding carboxylic acids is 1. The van der Waals surface area contributed by atoms with Gasteiger partial charge in [-0.05, 0) is 43.2 Å². The van der Waals surface area contributed by atoms with Gasteiger partial charge in [0.15, 0.2) is 5.78 Å². The van der Waals surface area contributed by atoms with Crippen molar-refractivity contribution >= 4 is 44.7 Å². The van der Waals surface area contributed by atoms with Crippen molar-refractivity contribution in [1.29, 1.82) is 0 Å². The van der Waals surface area contributed by atoms with Crippen LogP contribution in [-0.4, -0.2) is 5.78 Å². The van der Waals surface area contributed by atoms with E-state index in [9.17, 15) is 4.79 Å². The summed E-state index contributed by atoms with van der Waals surface area (Å²) in [6, 6.07) is 7.56. The van der Waals surface area contributed by atoms with Crippen LogP contribution in [0.2, 0.25) is 5.02 Å². The van der Waals surface area contributed by atoms with E-state index in [-0.39, 0.29) is 5.78 Å². The number of aryl methyl sites for hydroxylation is 2. The largest absolute Gasteiger partial charge is 0.293 e. The van der Waals surface area contributed by atoms with Crippen molar-refractivity contribution in [1.82, 2.24) is 0 Å². The van der Waals surface area contributed by atoms with Crippen LogP contribution in [0.15, 0.2) is 28.7 Å². The zero-order valence-electron chi connectivity index (χ0n) is 10.1. The van der Waals surface area contributed by atoms with Gasteiger partial charge in [-0.3, -0.25) is 4.79 Å². The molecule has 1 aromatic heterocycles. The first kappa shape index (κ1) is 13.8. The fourth-order valence-electron chi connectivity index (χ4n) is 1.64. The Kier molecular flexibility index (Phi) is 4.25. The van der Waals surface area contributed by atoms with Crippen LogP contribution in [-0.2, 0) is 6.42 Å². The molecular weight excluding hydrogens is 332 g/mol. The molecule has 0 fully saturated rings. The summed E-state index contributed by atoms with van der Waals surface area (Å²) in [5.41, 5.74) is 2.04. The molecule has 0 atom stereocenters. The number of ketones is 1. The van der Waals surface area contributed by atoms with Crippen LogP contribution in [0.3, 0.4) is 0 Å². The Labute approximate surface area is 124 Å². The molecule has 1 nitrogen and oxygen atoms in total. The fraction of sp³-hybridized carbons (Fsp3) is 0.214. The highest BCUT2D eigenvalue weighted by Gasteiger charge is 2.13. The fourth-order valence-corrected chi connectivity index (χ4v) is 3.35. The average molecular weight is 344 g/mol. The number of carbonyl (C=O) groups is 1. The topological polar surface area (TPSA) is 17.1 Å². The van der Waals surface area contributed by atoms with E-state index in [0.29, 0.717) is 11.4 Å². The van der Waals surface area contributed by atoms with Crippen molar-refractivity contribution in [2.75, 3.05) is 0 Å². The third-order valence-corrected chi connectivity index (χ3v) is 4.85. The summed E-state index contributed by atoms with van der Waals surface area (Å²) in [6.07, 6.45) is 0.353. The Balaban J connectivity index is 2.21. The molecule has 0 N–H and O–H groups in total. The molecule has 0 spiro atoms. The van der Waals surface area contributed by atoms with Crippen molar-refractivity contribution in [3.63, 3.8) is 0 Å². The highest BCUT2D eigenvalue weighted by Crippen LogP contribution is 2.25. The Morgan fingerprint density at radius 3 is 2.61 bits per heavy atom. The summed E-state index contributed by atoms with van der Waals surface area (Å²) >= 11 is 11.0. The monoisotopic (exact) mass is 342 g/mol. The maximum Gasteiger partial charge on any atom is 0.177 e. The Morgan fingerprint density at radius 1 is 1.33 bits per heavy atom. The van der Waals surface area contributed by atoms with Gasteiger partial charge < -0.3 is 0 Å². The van der Waals surface area contributed by atoms with Gasteiger partial charge in [-0.15, -0.1) is 11.3 Å². The highest BCUT2D eigenvalue weighted by atomic mass is 79.9. The lowest BCUT2D eigenvalue weighted by Crippen LogP contribution is -2.01. The lowest BCUT2D eigenvalue weighted by molar-refractivity contribution is 0.0997. The maximum absolute atomic E-state index is 12.2. The van der Waals surface area contributed by atoms with E-state index in [2.05, 4.69) is 15.9 Å². The van der Waals surface area contributed by atoms with Crippen LogP contribution in [0.5, 0.6) is 0 Å². The Morgan fingerprint density at radius 2 is 2.06 bits per heavy atom. The van der Waals surface area contributed by atoms with Gasteiger partial charge in [0.1, 0.15) is 0 Å². The molecule has 18 heavy (non-hydrogen) atoms. The second-order valence-electron chi connectivity index (χ2n) is 4.19. The molecular formula is C14H12BrClOS. The van der Waals surface area contributed by atoms with Gasteiger partial charge in [-0.25, -0.2) is 0 Å². The molecule has 0 amide bonds. The SMILES string of the molecule is Cc1cc(C(=O)Cc2ccc(Br)cc2Cl)sc1C. The average Bonchev–Trinajstić information content (AvgIpc) is 2.63. The number of hydrogen-bond donors (Lipinski definition) is 0. The Hall–Kier alpha value is -0.640. The van der Waals surface area contributed by atoms with Crippen LogP contribution < -0.4 is 0 Å². The maximum atomic E-state index is 12.2. The molecule has 1 heterocycles. The molecule has 2 aromatic rings. The molecule has 0 aliphatic rings. The summed E-state index contributed by atoms with van der Waals surface area (Å²) in [6.45, 7) is 4.05. The first-order valence-electron chi connectivity index (χ1n) is 5.51. The molecule has 0 bridgehead atoms. The molecule has 4 heteroatoms. The van der Waals surface area contributed by atoms with Crippen molar-refractivity contribution in [2.24, 2.45) is 0 Å². The first-order valence-corrected chi connectivity index (χ1v) is 7.50. The predicted octanol–water partition coefficient (Wildman–Crippen LogP) is 5.21. The highest BCUT2D eigenvalue weighted by molar-refractivity contribution is 9.10. The van der Waals surface area contributed by atoms with Gasteiger partial charge in [0, 0.05) is 20.8 Å². The van der Waals surface area contributed by atoms with E-state index in [4.69, 9.17) is 11.6 Å². The van der Waals surface area contributed by atoms with Crippen LogP contribution in [0, 0.1) is 13.8 Å². The summed E-state index contributed by atoms with van der Waals surface area (Å²) < 4.78 is 0.923. The smallest absolute Gasteiger partial charge is 0.177 e. The number of benzene rings is 1. The number of hydrogen-bond acceptors (Lipinski definition) is 2. The quantitative estimate of drug-likeness (QED) is 0.699. The first-order chi connectivity index (χ1) is 8.47. The van der Waals surface area contributed by atoms with Crippen LogP contribution in [0.1, 0.15) is 25.7 Å². The van der Waals surface area contributed by atoms with Gasteiger partial charge in [0.2, 0.25) is 0 Å². The van der Waals surface area contributed by atoms with E-state index < -0.39 is 0 Å². The third-order valence-electron chi connectivity index (χ3n) is 2.81. The lowest BCUT2D eigenvalue weighted by atomic mass is 10.1. The third kappa shape index (κ3) is 3.02. The summed E-state index contributed by atoms with van der Waals surface area (Å²) in [5.74, 6) is 0.125. The van der Waals surface area contributed by atoms with Gasteiger partial charge >= 0.3 is 0 Å². The van der Waals surface area contributed by atoms with Crippen LogP contribution >= 0.6 is 38.9 Å². The van der Waals surface area contributed by atoms with Crippen molar-refractivity contribution in [2.45, 2.75) is 20.3 Å². The van der Waals surface area contributed by atoms with Gasteiger partial charge in [0.05, 0.1) is 4.88 Å². The molecule has 2 rings (SSSR count). The summed E-state index contributed by atoms with van der Waals surface area (Å²) in [5, 5.41) is 0.628. The molecule has 0 aliphatic heterocycles. The minimum atomic E-state index is 0.125. The molecule has 0 unspecified atom stereocenters. The molecule has 0 aliphatic carbocycles.